The monoisotopic (exact) mass is 321 g/mol. The molecule has 14 heavy (non-hydrogen) atoms. The van der Waals surface area contributed by atoms with Crippen LogP contribution in [0.25, 0.3) is 0 Å². The zero-order valence-electron chi connectivity index (χ0n) is 7.92. The van der Waals surface area contributed by atoms with Crippen molar-refractivity contribution in [3.05, 3.63) is 27.8 Å². The van der Waals surface area contributed by atoms with Gasteiger partial charge >= 0.3 is 0 Å². The van der Waals surface area contributed by atoms with E-state index in [1.54, 1.807) is 11.8 Å². The molecule has 0 aliphatic heterocycles. The van der Waals surface area contributed by atoms with Crippen molar-refractivity contribution in [1.82, 2.24) is 0 Å². The Kier molecular flexibility index (Phi) is 5.32. The Hall–Kier alpha value is -0.230. The van der Waals surface area contributed by atoms with Crippen molar-refractivity contribution in [2.45, 2.75) is 6.42 Å². The molecular weight excluding hydrogens is 309 g/mol. The van der Waals surface area contributed by atoms with Crippen LogP contribution in [0.3, 0.4) is 0 Å². The van der Waals surface area contributed by atoms with Gasteiger partial charge in [0, 0.05) is 21.4 Å². The summed E-state index contributed by atoms with van der Waals surface area (Å²) in [5.41, 5.74) is 0.878. The first-order valence-electron chi connectivity index (χ1n) is 4.26. The number of anilines is 1. The minimum Gasteiger partial charge on any atom is -0.326 e. The highest BCUT2D eigenvalue weighted by atomic mass is 127. The second kappa shape index (κ2) is 6.29. The Balaban J connectivity index is 2.47. The van der Waals surface area contributed by atoms with Crippen molar-refractivity contribution < 1.29 is 4.79 Å². The molecule has 0 bridgehead atoms. The Bertz CT molecular complexity index is 317. The van der Waals surface area contributed by atoms with E-state index in [9.17, 15) is 4.79 Å². The van der Waals surface area contributed by atoms with E-state index in [0.29, 0.717) is 6.42 Å². The Morgan fingerprint density at radius 1 is 1.57 bits per heavy atom. The van der Waals surface area contributed by atoms with Gasteiger partial charge in [-0.15, -0.1) is 0 Å². The number of rotatable bonds is 4. The van der Waals surface area contributed by atoms with Crippen LogP contribution in [-0.2, 0) is 4.79 Å². The third-order valence-electron chi connectivity index (χ3n) is 1.64. The lowest BCUT2D eigenvalue weighted by atomic mass is 10.3. The second-order valence-corrected chi connectivity index (χ2v) is 5.03. The Morgan fingerprint density at radius 3 is 3.00 bits per heavy atom. The van der Waals surface area contributed by atoms with Crippen LogP contribution in [0.4, 0.5) is 5.69 Å². The van der Waals surface area contributed by atoms with Crippen LogP contribution in [-0.4, -0.2) is 17.9 Å². The van der Waals surface area contributed by atoms with Crippen molar-refractivity contribution in [2.75, 3.05) is 17.3 Å². The van der Waals surface area contributed by atoms with Gasteiger partial charge in [0.05, 0.1) is 0 Å². The Labute approximate surface area is 102 Å². The molecule has 0 aromatic heterocycles. The number of nitrogens with one attached hydrogen (secondary N) is 1. The standard InChI is InChI=1S/C10H12INOS/c1-14-6-5-10(13)12-9-4-2-3-8(11)7-9/h2-4,7H,5-6H2,1H3,(H,12,13). The molecule has 2 nitrogen and oxygen atoms in total. The van der Waals surface area contributed by atoms with Crippen molar-refractivity contribution in [3.63, 3.8) is 0 Å². The highest BCUT2D eigenvalue weighted by molar-refractivity contribution is 14.1. The summed E-state index contributed by atoms with van der Waals surface area (Å²) < 4.78 is 1.13. The smallest absolute Gasteiger partial charge is 0.225 e. The summed E-state index contributed by atoms with van der Waals surface area (Å²) >= 11 is 3.91. The summed E-state index contributed by atoms with van der Waals surface area (Å²) in [4.78, 5) is 11.4. The summed E-state index contributed by atoms with van der Waals surface area (Å²) in [6.45, 7) is 0. The number of amides is 1. The van der Waals surface area contributed by atoms with Crippen LogP contribution in [0.1, 0.15) is 6.42 Å². The van der Waals surface area contributed by atoms with Gasteiger partial charge < -0.3 is 5.32 Å². The van der Waals surface area contributed by atoms with Crippen molar-refractivity contribution >= 4 is 45.9 Å². The van der Waals surface area contributed by atoms with Crippen molar-refractivity contribution in [2.24, 2.45) is 0 Å². The van der Waals surface area contributed by atoms with Crippen LogP contribution >= 0.6 is 34.4 Å². The molecule has 0 unspecified atom stereocenters. The largest absolute Gasteiger partial charge is 0.326 e. The number of hydrogen-bond donors (Lipinski definition) is 1. The quantitative estimate of drug-likeness (QED) is 0.864. The normalized spacial score (nSPS) is 9.86. The van der Waals surface area contributed by atoms with Crippen LogP contribution in [0.15, 0.2) is 24.3 Å². The molecule has 1 N–H and O–H groups in total. The molecule has 1 amide bonds. The Morgan fingerprint density at radius 2 is 2.36 bits per heavy atom. The van der Waals surface area contributed by atoms with Gasteiger partial charge in [0.15, 0.2) is 0 Å². The molecule has 0 aliphatic carbocycles. The maximum atomic E-state index is 11.4. The molecule has 0 aliphatic rings. The number of halogens is 1. The average Bonchev–Trinajstić information content (AvgIpc) is 2.15. The fourth-order valence-electron chi connectivity index (χ4n) is 0.984. The lowest BCUT2D eigenvalue weighted by Crippen LogP contribution is -2.12. The van der Waals surface area contributed by atoms with Gasteiger partial charge in [-0.3, -0.25) is 4.79 Å². The first-order chi connectivity index (χ1) is 6.72. The van der Waals surface area contributed by atoms with Crippen molar-refractivity contribution in [1.29, 1.82) is 0 Å². The molecule has 0 saturated heterocycles. The van der Waals surface area contributed by atoms with Crippen molar-refractivity contribution in [3.8, 4) is 0 Å². The molecule has 4 heteroatoms. The molecule has 0 saturated carbocycles. The molecule has 1 aromatic rings. The van der Waals surface area contributed by atoms with Crippen LogP contribution in [0, 0.1) is 3.57 Å². The number of carbonyl (C=O) groups excluding carboxylic acids is 1. The summed E-state index contributed by atoms with van der Waals surface area (Å²) in [5.74, 6) is 0.955. The molecule has 0 spiro atoms. The number of carbonyl (C=O) groups is 1. The molecule has 1 aromatic carbocycles. The molecule has 1 rings (SSSR count). The van der Waals surface area contributed by atoms with E-state index in [1.165, 1.54) is 0 Å². The maximum Gasteiger partial charge on any atom is 0.225 e. The zero-order valence-corrected chi connectivity index (χ0v) is 10.9. The maximum absolute atomic E-state index is 11.4. The third-order valence-corrected chi connectivity index (χ3v) is 2.92. The van der Waals surface area contributed by atoms with E-state index in [4.69, 9.17) is 0 Å². The van der Waals surface area contributed by atoms with Crippen LogP contribution in [0.5, 0.6) is 0 Å². The number of hydrogen-bond acceptors (Lipinski definition) is 2. The topological polar surface area (TPSA) is 29.1 Å². The average molecular weight is 321 g/mol. The highest BCUT2D eigenvalue weighted by Gasteiger charge is 2.01. The molecule has 0 radical (unpaired) electrons. The second-order valence-electron chi connectivity index (χ2n) is 2.80. The van der Waals surface area contributed by atoms with Crippen LogP contribution < -0.4 is 5.32 Å². The number of thioether (sulfide) groups is 1. The van der Waals surface area contributed by atoms with E-state index in [0.717, 1.165) is 15.0 Å². The SMILES string of the molecule is CSCCC(=O)Nc1cccc(I)c1. The first kappa shape index (κ1) is 11.8. The first-order valence-corrected chi connectivity index (χ1v) is 6.74. The van der Waals surface area contributed by atoms with E-state index >= 15 is 0 Å². The summed E-state index contributed by atoms with van der Waals surface area (Å²) in [7, 11) is 0. The minimum atomic E-state index is 0.0846. The van der Waals surface area contributed by atoms with E-state index in [2.05, 4.69) is 27.9 Å². The molecule has 0 fully saturated rings. The van der Waals surface area contributed by atoms with Gasteiger partial charge in [0.2, 0.25) is 5.91 Å². The van der Waals surface area contributed by atoms with Gasteiger partial charge in [-0.1, -0.05) is 6.07 Å². The fraction of sp³-hybridized carbons (Fsp3) is 0.300. The third kappa shape index (κ3) is 4.32. The summed E-state index contributed by atoms with van der Waals surface area (Å²) in [6, 6.07) is 7.79. The van der Waals surface area contributed by atoms with Gasteiger partial charge in [-0.05, 0) is 47.0 Å². The zero-order chi connectivity index (χ0) is 10.4. The fourth-order valence-corrected chi connectivity index (χ4v) is 1.92. The van der Waals surface area contributed by atoms with Gasteiger partial charge in [-0.25, -0.2) is 0 Å². The van der Waals surface area contributed by atoms with E-state index < -0.39 is 0 Å². The summed E-state index contributed by atoms with van der Waals surface area (Å²) in [5, 5.41) is 2.86. The predicted octanol–water partition coefficient (Wildman–Crippen LogP) is 2.98. The molecular formula is C10H12INOS. The highest BCUT2D eigenvalue weighted by Crippen LogP contribution is 2.12. The van der Waals surface area contributed by atoms with E-state index in [1.807, 2.05) is 30.5 Å². The van der Waals surface area contributed by atoms with Gasteiger partial charge in [0.1, 0.15) is 0 Å². The van der Waals surface area contributed by atoms with Crippen LogP contribution in [0.2, 0.25) is 0 Å². The summed E-state index contributed by atoms with van der Waals surface area (Å²) in [6.07, 6.45) is 2.57. The lowest BCUT2D eigenvalue weighted by molar-refractivity contribution is -0.115. The number of benzene rings is 1. The molecule has 0 heterocycles. The predicted molar refractivity (Wildman–Crippen MR) is 70.8 cm³/mol. The molecule has 0 atom stereocenters. The van der Waals surface area contributed by atoms with Gasteiger partial charge in [-0.2, -0.15) is 11.8 Å². The van der Waals surface area contributed by atoms with E-state index in [-0.39, 0.29) is 5.91 Å². The molecule has 76 valence electrons. The lowest BCUT2D eigenvalue weighted by Gasteiger charge is -2.04. The van der Waals surface area contributed by atoms with Gasteiger partial charge in [0.25, 0.3) is 0 Å². The minimum absolute atomic E-state index is 0.0846.